The molecular weight excluding hydrogens is 499 g/mol. The lowest BCUT2D eigenvalue weighted by Crippen LogP contribution is -2.41. The van der Waals surface area contributed by atoms with Gasteiger partial charge in [0.15, 0.2) is 5.89 Å². The van der Waals surface area contributed by atoms with Gasteiger partial charge in [-0.25, -0.2) is 9.78 Å². The Morgan fingerprint density at radius 1 is 1.19 bits per heavy atom. The number of amides is 2. The number of oxazole rings is 1. The number of carboxylic acid groups (broad SMARTS) is 1. The maximum Gasteiger partial charge on any atom is 0.420 e. The van der Waals surface area contributed by atoms with Gasteiger partial charge < -0.3 is 30.0 Å². The second-order valence-electron chi connectivity index (χ2n) is 8.25. The van der Waals surface area contributed by atoms with Crippen LogP contribution in [0, 0.1) is 5.41 Å². The molecule has 2 atom stereocenters. The van der Waals surface area contributed by atoms with Gasteiger partial charge in [0.05, 0.1) is 19.2 Å². The Bertz CT molecular complexity index is 1350. The largest absolute Gasteiger partial charge is 0.497 e. The minimum atomic E-state index is -4.66. The first-order valence-electron chi connectivity index (χ1n) is 10.7. The Kier molecular flexibility index (Phi) is 6.55. The molecule has 0 saturated heterocycles. The SMILES string of the molecule is COc1ccc(Oc2ccc(CNC(=O)C3(C(N)=O)CC3c3ncc(C(=O)O)o3)cc2)c(C(F)(F)F)c1. The van der Waals surface area contributed by atoms with E-state index >= 15 is 0 Å². The summed E-state index contributed by atoms with van der Waals surface area (Å²) in [5.41, 5.74) is 3.39. The fraction of sp³-hybridized carbons (Fsp3) is 0.250. The first-order chi connectivity index (χ1) is 17.5. The molecule has 2 amide bonds. The molecule has 10 nitrogen and oxygen atoms in total. The van der Waals surface area contributed by atoms with Crippen LogP contribution in [-0.2, 0) is 22.3 Å². The lowest BCUT2D eigenvalue weighted by atomic mass is 10.0. The number of nitrogens with two attached hydrogens (primary N) is 1. The summed E-state index contributed by atoms with van der Waals surface area (Å²) in [6, 6.07) is 9.24. The van der Waals surface area contributed by atoms with Gasteiger partial charge >= 0.3 is 12.1 Å². The number of aromatic carboxylic acids is 1. The highest BCUT2D eigenvalue weighted by Gasteiger charge is 2.67. The van der Waals surface area contributed by atoms with Crippen LogP contribution in [0.4, 0.5) is 13.2 Å². The quantitative estimate of drug-likeness (QED) is 0.363. The highest BCUT2D eigenvalue weighted by Crippen LogP contribution is 2.59. The molecule has 1 heterocycles. The molecule has 2 aromatic carbocycles. The highest BCUT2D eigenvalue weighted by atomic mass is 19.4. The van der Waals surface area contributed by atoms with Crippen LogP contribution in [0.3, 0.4) is 0 Å². The molecule has 4 N–H and O–H groups in total. The third-order valence-corrected chi connectivity index (χ3v) is 5.93. The number of rotatable bonds is 9. The highest BCUT2D eigenvalue weighted by molar-refractivity contribution is 6.08. The molecular formula is C24H20F3N3O7. The predicted octanol–water partition coefficient (Wildman–Crippen LogP) is 3.47. The van der Waals surface area contributed by atoms with Crippen molar-refractivity contribution in [2.45, 2.75) is 25.1 Å². The van der Waals surface area contributed by atoms with E-state index in [9.17, 15) is 27.6 Å². The van der Waals surface area contributed by atoms with Gasteiger partial charge in [-0.3, -0.25) is 9.59 Å². The summed E-state index contributed by atoms with van der Waals surface area (Å²) in [5.74, 6) is -4.51. The van der Waals surface area contributed by atoms with Crippen molar-refractivity contribution in [3.63, 3.8) is 0 Å². The van der Waals surface area contributed by atoms with Gasteiger partial charge in [-0.15, -0.1) is 0 Å². The normalized spacial score (nSPS) is 18.6. The van der Waals surface area contributed by atoms with Crippen LogP contribution in [0.2, 0.25) is 0 Å². The number of benzene rings is 2. The van der Waals surface area contributed by atoms with Crippen molar-refractivity contribution in [1.82, 2.24) is 10.3 Å². The monoisotopic (exact) mass is 519 g/mol. The van der Waals surface area contributed by atoms with E-state index in [1.54, 1.807) is 0 Å². The molecule has 1 fully saturated rings. The smallest absolute Gasteiger partial charge is 0.420 e. The molecule has 4 rings (SSSR count). The second kappa shape index (κ2) is 9.48. The molecule has 194 valence electrons. The van der Waals surface area contributed by atoms with E-state index in [0.717, 1.165) is 18.3 Å². The number of carboxylic acids is 1. The molecule has 2 unspecified atom stereocenters. The number of hydrogen-bond acceptors (Lipinski definition) is 7. The van der Waals surface area contributed by atoms with Crippen LogP contribution in [0.25, 0.3) is 0 Å². The molecule has 13 heteroatoms. The third kappa shape index (κ3) is 5.06. The standard InChI is InChI=1S/C24H20F3N3O7/c1-35-14-6-7-17(15(8-14)24(25,26)27)36-13-4-2-12(3-5-13)10-30-22(34)23(21(28)33)9-16(23)19-29-11-18(37-19)20(31)32/h2-8,11,16H,9-10H2,1H3,(H2,28,33)(H,30,34)(H,31,32). The third-order valence-electron chi connectivity index (χ3n) is 5.93. The number of carbonyl (C=O) groups is 3. The van der Waals surface area contributed by atoms with Crippen molar-refractivity contribution >= 4 is 17.8 Å². The van der Waals surface area contributed by atoms with Gasteiger partial charge in [0.25, 0.3) is 0 Å². The zero-order valence-corrected chi connectivity index (χ0v) is 19.2. The van der Waals surface area contributed by atoms with E-state index in [4.69, 9.17) is 24.7 Å². The number of primary amides is 1. The van der Waals surface area contributed by atoms with E-state index in [1.807, 2.05) is 0 Å². The Labute approximate surface area is 207 Å². The number of methoxy groups -OCH3 is 1. The van der Waals surface area contributed by atoms with Crippen molar-refractivity contribution < 1.29 is 46.6 Å². The number of alkyl halides is 3. The summed E-state index contributed by atoms with van der Waals surface area (Å²) in [7, 11) is 1.26. The van der Waals surface area contributed by atoms with Crippen LogP contribution in [0.5, 0.6) is 17.2 Å². The molecule has 37 heavy (non-hydrogen) atoms. The number of hydrogen-bond donors (Lipinski definition) is 3. The summed E-state index contributed by atoms with van der Waals surface area (Å²) in [4.78, 5) is 39.7. The Morgan fingerprint density at radius 2 is 1.86 bits per heavy atom. The zero-order chi connectivity index (χ0) is 27.0. The Hall–Kier alpha value is -4.55. The van der Waals surface area contributed by atoms with E-state index < -0.39 is 52.4 Å². The van der Waals surface area contributed by atoms with Crippen molar-refractivity contribution in [3.05, 3.63) is 71.4 Å². The van der Waals surface area contributed by atoms with Gasteiger partial charge in [0.1, 0.15) is 28.2 Å². The summed E-state index contributed by atoms with van der Waals surface area (Å²) in [6.45, 7) is -0.0246. The average molecular weight is 519 g/mol. The van der Waals surface area contributed by atoms with E-state index in [-0.39, 0.29) is 30.4 Å². The number of aromatic nitrogens is 1. The molecule has 0 bridgehead atoms. The van der Waals surface area contributed by atoms with Crippen LogP contribution in [0.1, 0.15) is 39.9 Å². The zero-order valence-electron chi connectivity index (χ0n) is 19.2. The van der Waals surface area contributed by atoms with Gasteiger partial charge in [-0.1, -0.05) is 12.1 Å². The first-order valence-corrected chi connectivity index (χ1v) is 10.7. The molecule has 1 aromatic heterocycles. The number of ether oxygens (including phenoxy) is 2. The van der Waals surface area contributed by atoms with Gasteiger partial charge in [-0.2, -0.15) is 13.2 Å². The van der Waals surface area contributed by atoms with Crippen LogP contribution >= 0.6 is 0 Å². The lowest BCUT2D eigenvalue weighted by Gasteiger charge is -2.15. The minimum Gasteiger partial charge on any atom is -0.497 e. The molecule has 1 saturated carbocycles. The second-order valence-corrected chi connectivity index (χ2v) is 8.25. The first kappa shape index (κ1) is 25.5. The van der Waals surface area contributed by atoms with Gasteiger partial charge in [0.2, 0.25) is 17.6 Å². The molecule has 3 aromatic rings. The Balaban J connectivity index is 1.41. The van der Waals surface area contributed by atoms with Crippen molar-refractivity contribution in [2.75, 3.05) is 7.11 Å². The number of nitrogens with zero attached hydrogens (tertiary/aromatic N) is 1. The summed E-state index contributed by atoms with van der Waals surface area (Å²) >= 11 is 0. The van der Waals surface area contributed by atoms with Gasteiger partial charge in [0, 0.05) is 6.54 Å². The number of halogens is 3. The van der Waals surface area contributed by atoms with Crippen molar-refractivity contribution in [2.24, 2.45) is 11.1 Å². The number of nitrogens with one attached hydrogen (secondary N) is 1. The lowest BCUT2D eigenvalue weighted by molar-refractivity contribution is -0.139. The topological polar surface area (TPSA) is 154 Å². The summed E-state index contributed by atoms with van der Waals surface area (Å²) in [5, 5.41) is 11.6. The fourth-order valence-corrected chi connectivity index (χ4v) is 3.83. The van der Waals surface area contributed by atoms with E-state index in [2.05, 4.69) is 10.3 Å². The molecule has 0 radical (unpaired) electrons. The molecule has 1 aliphatic rings. The van der Waals surface area contributed by atoms with Crippen LogP contribution in [0.15, 0.2) is 53.1 Å². The van der Waals surface area contributed by atoms with Crippen LogP contribution in [-0.4, -0.2) is 35.0 Å². The van der Waals surface area contributed by atoms with Crippen molar-refractivity contribution in [3.8, 4) is 17.2 Å². The van der Waals surface area contributed by atoms with E-state index in [0.29, 0.717) is 5.56 Å². The Morgan fingerprint density at radius 3 is 2.43 bits per heavy atom. The predicted molar refractivity (Wildman–Crippen MR) is 119 cm³/mol. The summed E-state index contributed by atoms with van der Waals surface area (Å²) < 4.78 is 55.5. The average Bonchev–Trinajstić information content (AvgIpc) is 3.43. The molecule has 0 aliphatic heterocycles. The fourth-order valence-electron chi connectivity index (χ4n) is 3.83. The summed E-state index contributed by atoms with van der Waals surface area (Å²) in [6.07, 6.45) is -3.68. The van der Waals surface area contributed by atoms with Crippen LogP contribution < -0.4 is 20.5 Å². The molecule has 1 aliphatic carbocycles. The van der Waals surface area contributed by atoms with Gasteiger partial charge in [-0.05, 0) is 42.3 Å². The number of carbonyl (C=O) groups excluding carboxylic acids is 2. The maximum atomic E-state index is 13.4. The van der Waals surface area contributed by atoms with Crippen molar-refractivity contribution in [1.29, 1.82) is 0 Å². The molecule has 0 spiro atoms. The van der Waals surface area contributed by atoms with E-state index in [1.165, 1.54) is 37.4 Å². The minimum absolute atomic E-state index is 0.00389. The maximum absolute atomic E-state index is 13.4.